The summed E-state index contributed by atoms with van der Waals surface area (Å²) in [7, 11) is 0. The summed E-state index contributed by atoms with van der Waals surface area (Å²) in [5.74, 6) is 0.993. The summed E-state index contributed by atoms with van der Waals surface area (Å²) in [6, 6.07) is 3.91. The van der Waals surface area contributed by atoms with Crippen LogP contribution in [0.1, 0.15) is 0 Å². The fourth-order valence-corrected chi connectivity index (χ4v) is 2.39. The lowest BCUT2D eigenvalue weighted by Crippen LogP contribution is -2.43. The minimum atomic E-state index is 0.242. The van der Waals surface area contributed by atoms with E-state index in [-0.39, 0.29) is 6.10 Å². The quantitative estimate of drug-likeness (QED) is 0.784. The Kier molecular flexibility index (Phi) is 2.98. The van der Waals surface area contributed by atoms with Gasteiger partial charge in [0.15, 0.2) is 5.65 Å². The normalized spacial score (nSPS) is 21.0. The molecule has 1 aliphatic heterocycles. The smallest absolute Gasteiger partial charge is 0.157 e. The number of rotatable bonds is 2. The SMILES string of the molecule is BrCC1CN(c2ccn3nccc3n2)CCO1. The maximum Gasteiger partial charge on any atom is 0.157 e. The number of nitrogens with zero attached hydrogens (tertiary/aromatic N) is 4. The van der Waals surface area contributed by atoms with Gasteiger partial charge in [-0.15, -0.1) is 0 Å². The summed E-state index contributed by atoms with van der Waals surface area (Å²) in [4.78, 5) is 6.84. The minimum Gasteiger partial charge on any atom is -0.374 e. The van der Waals surface area contributed by atoms with Gasteiger partial charge in [-0.3, -0.25) is 0 Å². The molecule has 3 heterocycles. The number of ether oxygens (including phenoxy) is 1. The van der Waals surface area contributed by atoms with E-state index < -0.39 is 0 Å². The highest BCUT2D eigenvalue weighted by Crippen LogP contribution is 2.16. The van der Waals surface area contributed by atoms with Gasteiger partial charge in [-0.05, 0) is 6.07 Å². The number of hydrogen-bond acceptors (Lipinski definition) is 4. The fourth-order valence-electron chi connectivity index (χ4n) is 2.00. The molecule has 0 saturated carbocycles. The third-order valence-corrected chi connectivity index (χ3v) is 3.60. The molecule has 0 bridgehead atoms. The van der Waals surface area contributed by atoms with E-state index in [0.717, 1.165) is 36.5 Å². The third kappa shape index (κ3) is 2.14. The molecule has 6 heteroatoms. The van der Waals surface area contributed by atoms with Crippen molar-refractivity contribution < 1.29 is 4.74 Å². The van der Waals surface area contributed by atoms with Crippen LogP contribution < -0.4 is 4.90 Å². The molecule has 90 valence electrons. The maximum atomic E-state index is 5.62. The van der Waals surface area contributed by atoms with E-state index in [9.17, 15) is 0 Å². The van der Waals surface area contributed by atoms with Gasteiger partial charge < -0.3 is 9.64 Å². The highest BCUT2D eigenvalue weighted by Gasteiger charge is 2.20. The Bertz CT molecular complexity index is 515. The van der Waals surface area contributed by atoms with Gasteiger partial charge in [0.25, 0.3) is 0 Å². The highest BCUT2D eigenvalue weighted by atomic mass is 79.9. The molecule has 0 N–H and O–H groups in total. The summed E-state index contributed by atoms with van der Waals surface area (Å²) in [6.07, 6.45) is 3.94. The van der Waals surface area contributed by atoms with Crippen molar-refractivity contribution in [3.8, 4) is 0 Å². The molecule has 1 atom stereocenters. The Balaban J connectivity index is 1.86. The van der Waals surface area contributed by atoms with Crippen LogP contribution in [-0.4, -0.2) is 45.7 Å². The van der Waals surface area contributed by atoms with Crippen LogP contribution in [0.2, 0.25) is 0 Å². The van der Waals surface area contributed by atoms with Gasteiger partial charge in [0.2, 0.25) is 0 Å². The predicted molar refractivity (Wildman–Crippen MR) is 68.7 cm³/mol. The molecule has 5 nitrogen and oxygen atoms in total. The first-order chi connectivity index (χ1) is 8.36. The Hall–Kier alpha value is -1.14. The zero-order chi connectivity index (χ0) is 11.7. The molecule has 0 spiro atoms. The van der Waals surface area contributed by atoms with Crippen molar-refractivity contribution in [3.05, 3.63) is 24.5 Å². The molecule has 2 aromatic heterocycles. The monoisotopic (exact) mass is 296 g/mol. The van der Waals surface area contributed by atoms with Crippen LogP contribution >= 0.6 is 15.9 Å². The van der Waals surface area contributed by atoms with E-state index in [0.29, 0.717) is 0 Å². The van der Waals surface area contributed by atoms with Crippen molar-refractivity contribution >= 4 is 27.4 Å². The second-order valence-electron chi connectivity index (χ2n) is 4.01. The highest BCUT2D eigenvalue weighted by molar-refractivity contribution is 9.09. The van der Waals surface area contributed by atoms with Gasteiger partial charge >= 0.3 is 0 Å². The molecule has 0 radical (unpaired) electrons. The van der Waals surface area contributed by atoms with Crippen molar-refractivity contribution in [3.63, 3.8) is 0 Å². The molecule has 1 saturated heterocycles. The standard InChI is InChI=1S/C11H13BrN4O/c12-7-9-8-15(5-6-17-9)10-2-4-16-11(14-10)1-3-13-16/h1-4,9H,5-8H2. The zero-order valence-corrected chi connectivity index (χ0v) is 10.9. The van der Waals surface area contributed by atoms with Crippen LogP contribution in [0.15, 0.2) is 24.5 Å². The van der Waals surface area contributed by atoms with Crippen LogP contribution in [-0.2, 0) is 4.74 Å². The van der Waals surface area contributed by atoms with Crippen LogP contribution in [0, 0.1) is 0 Å². The van der Waals surface area contributed by atoms with Crippen molar-refractivity contribution in [1.82, 2.24) is 14.6 Å². The van der Waals surface area contributed by atoms with Gasteiger partial charge in [0.05, 0.1) is 18.9 Å². The minimum absolute atomic E-state index is 0.242. The molecule has 0 amide bonds. The molecule has 2 aromatic rings. The summed E-state index contributed by atoms with van der Waals surface area (Å²) in [5.41, 5.74) is 0.879. The van der Waals surface area contributed by atoms with E-state index in [4.69, 9.17) is 4.74 Å². The molecule has 1 unspecified atom stereocenters. The number of hydrogen-bond donors (Lipinski definition) is 0. The summed E-state index contributed by atoms with van der Waals surface area (Å²) < 4.78 is 7.39. The number of halogens is 1. The van der Waals surface area contributed by atoms with Crippen molar-refractivity contribution in [2.24, 2.45) is 0 Å². The third-order valence-electron chi connectivity index (χ3n) is 2.88. The van der Waals surface area contributed by atoms with E-state index in [2.05, 4.69) is 30.9 Å². The van der Waals surface area contributed by atoms with Crippen molar-refractivity contribution in [1.29, 1.82) is 0 Å². The second kappa shape index (κ2) is 4.62. The van der Waals surface area contributed by atoms with E-state index >= 15 is 0 Å². The van der Waals surface area contributed by atoms with Gasteiger partial charge in [0, 0.05) is 30.7 Å². The van der Waals surface area contributed by atoms with Crippen molar-refractivity contribution in [2.45, 2.75) is 6.10 Å². The Morgan fingerprint density at radius 2 is 2.41 bits per heavy atom. The zero-order valence-electron chi connectivity index (χ0n) is 9.29. The lowest BCUT2D eigenvalue weighted by atomic mass is 10.3. The van der Waals surface area contributed by atoms with Crippen LogP contribution in [0.4, 0.5) is 5.82 Å². The number of aromatic nitrogens is 3. The molecule has 1 aliphatic rings. The average molecular weight is 297 g/mol. The predicted octanol–water partition coefficient (Wildman–Crippen LogP) is 1.33. The Morgan fingerprint density at radius 1 is 1.47 bits per heavy atom. The van der Waals surface area contributed by atoms with Crippen molar-refractivity contribution in [2.75, 3.05) is 29.9 Å². The van der Waals surface area contributed by atoms with Crippen LogP contribution in [0.5, 0.6) is 0 Å². The molecule has 1 fully saturated rings. The van der Waals surface area contributed by atoms with E-state index in [1.54, 1.807) is 10.7 Å². The summed E-state index contributed by atoms with van der Waals surface area (Å²) in [6.45, 7) is 2.52. The van der Waals surface area contributed by atoms with E-state index in [1.807, 2.05) is 18.3 Å². The largest absolute Gasteiger partial charge is 0.374 e. The first-order valence-corrected chi connectivity index (χ1v) is 6.72. The number of alkyl halides is 1. The molecule has 17 heavy (non-hydrogen) atoms. The van der Waals surface area contributed by atoms with Crippen LogP contribution in [0.3, 0.4) is 0 Å². The molecular weight excluding hydrogens is 284 g/mol. The lowest BCUT2D eigenvalue weighted by Gasteiger charge is -2.32. The Labute approximate surface area is 108 Å². The molecule has 0 aliphatic carbocycles. The Morgan fingerprint density at radius 3 is 3.29 bits per heavy atom. The average Bonchev–Trinajstić information content (AvgIpc) is 2.86. The number of anilines is 1. The van der Waals surface area contributed by atoms with Gasteiger partial charge in [-0.2, -0.15) is 5.10 Å². The van der Waals surface area contributed by atoms with Crippen LogP contribution in [0.25, 0.3) is 5.65 Å². The molecule has 0 aromatic carbocycles. The molecular formula is C11H13BrN4O. The second-order valence-corrected chi connectivity index (χ2v) is 4.66. The fraction of sp³-hybridized carbons (Fsp3) is 0.455. The van der Waals surface area contributed by atoms with Gasteiger partial charge in [-0.1, -0.05) is 15.9 Å². The van der Waals surface area contributed by atoms with E-state index in [1.165, 1.54) is 0 Å². The first kappa shape index (κ1) is 11.0. The topological polar surface area (TPSA) is 42.7 Å². The van der Waals surface area contributed by atoms with Gasteiger partial charge in [-0.25, -0.2) is 9.50 Å². The maximum absolute atomic E-state index is 5.62. The summed E-state index contributed by atoms with van der Waals surface area (Å²) >= 11 is 3.46. The summed E-state index contributed by atoms with van der Waals surface area (Å²) in [5, 5.41) is 5.00. The number of morpholine rings is 1. The van der Waals surface area contributed by atoms with Gasteiger partial charge in [0.1, 0.15) is 5.82 Å². The molecule has 3 rings (SSSR count). The first-order valence-electron chi connectivity index (χ1n) is 5.60. The number of fused-ring (bicyclic) bond motifs is 1. The lowest BCUT2D eigenvalue weighted by molar-refractivity contribution is 0.0568.